The van der Waals surface area contributed by atoms with Crippen molar-refractivity contribution in [1.29, 1.82) is 0 Å². The molecule has 0 saturated carbocycles. The maximum absolute atomic E-state index is 12.3. The van der Waals surface area contributed by atoms with E-state index in [4.69, 9.17) is 0 Å². The van der Waals surface area contributed by atoms with Gasteiger partial charge in [0.1, 0.15) is 5.69 Å². The standard InChI is InChI=1S/C22H18N4O/c1-15-9-11-16(12-10-15)14-23-26-22(27)21-13-20(24-25-21)19-8-4-6-17-5-2-3-7-18(17)19/h2-14H,1H3,(H,24,25)(H,26,27)/b23-14+. The molecule has 0 unspecified atom stereocenters. The molecule has 0 aliphatic heterocycles. The van der Waals surface area contributed by atoms with E-state index < -0.39 is 0 Å². The van der Waals surface area contributed by atoms with Gasteiger partial charge < -0.3 is 0 Å². The fraction of sp³-hybridized carbons (Fsp3) is 0.0455. The van der Waals surface area contributed by atoms with Gasteiger partial charge in [0.15, 0.2) is 0 Å². The van der Waals surface area contributed by atoms with Crippen molar-refractivity contribution in [3.8, 4) is 11.3 Å². The lowest BCUT2D eigenvalue weighted by Crippen LogP contribution is -2.17. The van der Waals surface area contributed by atoms with Crippen LogP contribution in [0, 0.1) is 6.92 Å². The first-order chi connectivity index (χ1) is 13.2. The van der Waals surface area contributed by atoms with Gasteiger partial charge in [-0.05, 0) is 29.3 Å². The van der Waals surface area contributed by atoms with Crippen LogP contribution < -0.4 is 5.43 Å². The summed E-state index contributed by atoms with van der Waals surface area (Å²) >= 11 is 0. The minimum Gasteiger partial charge on any atom is -0.272 e. The highest BCUT2D eigenvalue weighted by Gasteiger charge is 2.12. The van der Waals surface area contributed by atoms with Crippen molar-refractivity contribution in [1.82, 2.24) is 15.6 Å². The quantitative estimate of drug-likeness (QED) is 0.424. The number of carbonyl (C=O) groups is 1. The fourth-order valence-corrected chi connectivity index (χ4v) is 2.90. The number of H-pyrrole nitrogens is 1. The number of nitrogens with zero attached hydrogens (tertiary/aromatic N) is 2. The minimum atomic E-state index is -0.336. The van der Waals surface area contributed by atoms with Gasteiger partial charge in [0.2, 0.25) is 0 Å². The highest BCUT2D eigenvalue weighted by atomic mass is 16.2. The van der Waals surface area contributed by atoms with E-state index in [0.717, 1.165) is 27.6 Å². The molecule has 5 nitrogen and oxygen atoms in total. The Bertz CT molecular complexity index is 1120. The molecule has 5 heteroatoms. The summed E-state index contributed by atoms with van der Waals surface area (Å²) in [5.74, 6) is -0.336. The minimum absolute atomic E-state index is 0.336. The lowest BCUT2D eigenvalue weighted by Gasteiger charge is -2.02. The maximum atomic E-state index is 12.3. The number of carbonyl (C=O) groups excluding carboxylic acids is 1. The summed E-state index contributed by atoms with van der Waals surface area (Å²) in [5.41, 5.74) is 6.68. The second-order valence-electron chi connectivity index (χ2n) is 6.30. The Morgan fingerprint density at radius 1 is 1.04 bits per heavy atom. The van der Waals surface area contributed by atoms with Crippen LogP contribution >= 0.6 is 0 Å². The first-order valence-electron chi connectivity index (χ1n) is 8.64. The van der Waals surface area contributed by atoms with Crippen LogP contribution in [0.4, 0.5) is 0 Å². The number of hydrogen-bond donors (Lipinski definition) is 2. The predicted molar refractivity (Wildman–Crippen MR) is 108 cm³/mol. The van der Waals surface area contributed by atoms with E-state index in [1.165, 1.54) is 5.56 Å². The summed E-state index contributed by atoms with van der Waals surface area (Å²) in [6, 6.07) is 23.7. The zero-order valence-corrected chi connectivity index (χ0v) is 14.8. The second-order valence-corrected chi connectivity index (χ2v) is 6.30. The Morgan fingerprint density at radius 2 is 1.81 bits per heavy atom. The lowest BCUT2D eigenvalue weighted by molar-refractivity contribution is 0.0950. The third-order valence-corrected chi connectivity index (χ3v) is 4.35. The molecule has 0 radical (unpaired) electrons. The molecule has 1 aromatic heterocycles. The number of nitrogens with one attached hydrogen (secondary N) is 2. The van der Waals surface area contributed by atoms with Crippen LogP contribution in [0.1, 0.15) is 21.6 Å². The summed E-state index contributed by atoms with van der Waals surface area (Å²) in [6.07, 6.45) is 1.61. The van der Waals surface area contributed by atoms with E-state index in [9.17, 15) is 4.79 Å². The summed E-state index contributed by atoms with van der Waals surface area (Å²) in [5, 5.41) is 13.3. The molecule has 2 N–H and O–H groups in total. The molecule has 1 heterocycles. The van der Waals surface area contributed by atoms with Crippen molar-refractivity contribution < 1.29 is 4.79 Å². The SMILES string of the molecule is Cc1ccc(/C=N/NC(=O)c2cc(-c3cccc4ccccc34)n[nH]2)cc1. The molecule has 27 heavy (non-hydrogen) atoms. The average molecular weight is 354 g/mol. The van der Waals surface area contributed by atoms with E-state index in [1.54, 1.807) is 12.3 Å². The molecule has 4 rings (SSSR count). The zero-order valence-electron chi connectivity index (χ0n) is 14.8. The number of fused-ring (bicyclic) bond motifs is 1. The third kappa shape index (κ3) is 3.62. The highest BCUT2D eigenvalue weighted by molar-refractivity contribution is 5.98. The van der Waals surface area contributed by atoms with Gasteiger partial charge in [0, 0.05) is 5.56 Å². The van der Waals surface area contributed by atoms with Crippen LogP contribution in [-0.4, -0.2) is 22.3 Å². The Kier molecular flexibility index (Phi) is 4.49. The second kappa shape index (κ2) is 7.25. The van der Waals surface area contributed by atoms with Crippen molar-refractivity contribution >= 4 is 22.9 Å². The third-order valence-electron chi connectivity index (χ3n) is 4.35. The molecule has 3 aromatic carbocycles. The largest absolute Gasteiger partial charge is 0.289 e. The van der Waals surface area contributed by atoms with Gasteiger partial charge in [0.05, 0.1) is 11.9 Å². The number of hydrogen-bond acceptors (Lipinski definition) is 3. The number of aryl methyl sites for hydroxylation is 1. The molecule has 132 valence electrons. The molecule has 0 atom stereocenters. The molecule has 0 saturated heterocycles. The van der Waals surface area contributed by atoms with Crippen molar-refractivity contribution in [2.45, 2.75) is 6.92 Å². The van der Waals surface area contributed by atoms with E-state index in [-0.39, 0.29) is 5.91 Å². The van der Waals surface area contributed by atoms with Crippen LogP contribution in [0.15, 0.2) is 77.9 Å². The Morgan fingerprint density at radius 3 is 2.67 bits per heavy atom. The summed E-state index contributed by atoms with van der Waals surface area (Å²) in [7, 11) is 0. The van der Waals surface area contributed by atoms with Gasteiger partial charge in [-0.1, -0.05) is 72.3 Å². The highest BCUT2D eigenvalue weighted by Crippen LogP contribution is 2.27. The lowest BCUT2D eigenvalue weighted by atomic mass is 10.0. The molecule has 0 bridgehead atoms. The summed E-state index contributed by atoms with van der Waals surface area (Å²) < 4.78 is 0. The maximum Gasteiger partial charge on any atom is 0.289 e. The van der Waals surface area contributed by atoms with E-state index in [0.29, 0.717) is 5.69 Å². The van der Waals surface area contributed by atoms with Crippen molar-refractivity contribution in [3.63, 3.8) is 0 Å². The Hall–Kier alpha value is -3.73. The first kappa shape index (κ1) is 16.7. The number of aromatic amines is 1. The molecule has 4 aromatic rings. The van der Waals surface area contributed by atoms with Crippen LogP contribution in [0.5, 0.6) is 0 Å². The fourth-order valence-electron chi connectivity index (χ4n) is 2.90. The van der Waals surface area contributed by atoms with Gasteiger partial charge >= 0.3 is 0 Å². The molecular formula is C22H18N4O. The number of aromatic nitrogens is 2. The van der Waals surface area contributed by atoms with E-state index in [2.05, 4.69) is 32.9 Å². The van der Waals surface area contributed by atoms with Crippen LogP contribution in [-0.2, 0) is 0 Å². The van der Waals surface area contributed by atoms with Crippen molar-refractivity contribution in [2.75, 3.05) is 0 Å². The predicted octanol–water partition coefficient (Wildman–Crippen LogP) is 4.30. The zero-order chi connectivity index (χ0) is 18.6. The van der Waals surface area contributed by atoms with Crippen LogP contribution in [0.25, 0.3) is 22.0 Å². The number of benzene rings is 3. The average Bonchev–Trinajstić information content (AvgIpc) is 3.19. The normalized spacial score (nSPS) is 11.1. The number of hydrazone groups is 1. The molecular weight excluding hydrogens is 336 g/mol. The van der Waals surface area contributed by atoms with Gasteiger partial charge in [-0.15, -0.1) is 0 Å². The van der Waals surface area contributed by atoms with Crippen LogP contribution in [0.3, 0.4) is 0 Å². The summed E-state index contributed by atoms with van der Waals surface area (Å²) in [6.45, 7) is 2.02. The molecule has 0 fully saturated rings. The van der Waals surface area contributed by atoms with E-state index >= 15 is 0 Å². The number of amides is 1. The smallest absolute Gasteiger partial charge is 0.272 e. The van der Waals surface area contributed by atoms with E-state index in [1.807, 2.05) is 61.5 Å². The molecule has 0 spiro atoms. The summed E-state index contributed by atoms with van der Waals surface area (Å²) in [4.78, 5) is 12.3. The van der Waals surface area contributed by atoms with Gasteiger partial charge in [-0.2, -0.15) is 10.2 Å². The van der Waals surface area contributed by atoms with Gasteiger partial charge in [-0.25, -0.2) is 5.43 Å². The molecule has 0 aliphatic rings. The molecule has 0 aliphatic carbocycles. The topological polar surface area (TPSA) is 70.1 Å². The van der Waals surface area contributed by atoms with Gasteiger partial charge in [-0.3, -0.25) is 9.89 Å². The van der Waals surface area contributed by atoms with Crippen molar-refractivity contribution in [2.24, 2.45) is 5.10 Å². The number of rotatable bonds is 4. The molecule has 1 amide bonds. The van der Waals surface area contributed by atoms with Crippen LogP contribution in [0.2, 0.25) is 0 Å². The van der Waals surface area contributed by atoms with Gasteiger partial charge in [0.25, 0.3) is 5.91 Å². The first-order valence-corrected chi connectivity index (χ1v) is 8.64. The Labute approximate surface area is 156 Å². The monoisotopic (exact) mass is 354 g/mol. The Balaban J connectivity index is 1.52. The van der Waals surface area contributed by atoms with Crippen molar-refractivity contribution in [3.05, 3.63) is 89.6 Å².